The van der Waals surface area contributed by atoms with E-state index in [2.05, 4.69) is 15.3 Å². The number of aromatic nitrogens is 2. The fraction of sp³-hybridized carbons (Fsp3) is 0.250. The molecule has 0 amide bonds. The van der Waals surface area contributed by atoms with Crippen LogP contribution in [0.15, 0.2) is 24.5 Å². The first-order valence-corrected chi connectivity index (χ1v) is 5.47. The highest BCUT2D eigenvalue weighted by Gasteiger charge is 2.26. The molecule has 0 radical (unpaired) electrons. The maximum Gasteiger partial charge on any atom is 0.163 e. The topological polar surface area (TPSA) is 40.7 Å². The first-order chi connectivity index (χ1) is 8.27. The van der Waals surface area contributed by atoms with Crippen molar-refractivity contribution in [3.8, 4) is 0 Å². The van der Waals surface area contributed by atoms with E-state index in [1.54, 1.807) is 12.4 Å². The lowest BCUT2D eigenvalue weighted by Gasteiger charge is -2.23. The average molecular weight is 235 g/mol. The number of aromatic amines is 1. The van der Waals surface area contributed by atoms with Crippen LogP contribution >= 0.6 is 0 Å². The molecule has 2 N–H and O–H groups in total. The molecule has 1 atom stereocenters. The van der Waals surface area contributed by atoms with Crippen LogP contribution in [0.2, 0.25) is 0 Å². The lowest BCUT2D eigenvalue weighted by molar-refractivity contribution is 0.471. The number of H-pyrrole nitrogens is 1. The molecular formula is C12H11F2N3. The molecule has 0 spiro atoms. The molecule has 1 aromatic heterocycles. The Balaban J connectivity index is 2.10. The molecule has 0 fully saturated rings. The Morgan fingerprint density at radius 1 is 1.29 bits per heavy atom. The molecule has 5 heteroatoms. The van der Waals surface area contributed by atoms with Gasteiger partial charge in [-0.25, -0.2) is 13.8 Å². The minimum Gasteiger partial charge on any atom is -0.348 e. The summed E-state index contributed by atoms with van der Waals surface area (Å²) < 4.78 is 26.9. The molecule has 2 aromatic rings. The van der Waals surface area contributed by atoms with E-state index in [9.17, 15) is 8.78 Å². The highest BCUT2D eigenvalue weighted by molar-refractivity contribution is 5.33. The Morgan fingerprint density at radius 2 is 2.18 bits per heavy atom. The monoisotopic (exact) mass is 235 g/mol. The van der Waals surface area contributed by atoms with Crippen LogP contribution in [0.3, 0.4) is 0 Å². The second-order valence-electron chi connectivity index (χ2n) is 4.05. The highest BCUT2D eigenvalue weighted by Crippen LogP contribution is 2.28. The maximum absolute atomic E-state index is 13.7. The van der Waals surface area contributed by atoms with Gasteiger partial charge in [0.25, 0.3) is 0 Å². The number of halogens is 2. The Morgan fingerprint density at radius 3 is 3.06 bits per heavy atom. The Hall–Kier alpha value is -1.75. The van der Waals surface area contributed by atoms with Gasteiger partial charge in [0.05, 0.1) is 18.1 Å². The maximum atomic E-state index is 13.7. The van der Waals surface area contributed by atoms with Gasteiger partial charge in [-0.15, -0.1) is 0 Å². The smallest absolute Gasteiger partial charge is 0.163 e. The molecule has 0 saturated heterocycles. The van der Waals surface area contributed by atoms with E-state index in [0.717, 1.165) is 30.4 Å². The lowest BCUT2D eigenvalue weighted by atomic mass is 9.97. The number of imidazole rings is 1. The van der Waals surface area contributed by atoms with E-state index in [1.165, 1.54) is 6.07 Å². The number of nitrogens with one attached hydrogen (secondary N) is 2. The van der Waals surface area contributed by atoms with Crippen LogP contribution in [0, 0.1) is 11.6 Å². The molecule has 2 heterocycles. The van der Waals surface area contributed by atoms with Gasteiger partial charge in [0.2, 0.25) is 0 Å². The van der Waals surface area contributed by atoms with E-state index >= 15 is 0 Å². The van der Waals surface area contributed by atoms with Crippen molar-refractivity contribution in [2.75, 3.05) is 6.54 Å². The fourth-order valence-corrected chi connectivity index (χ4v) is 2.22. The normalized spacial score (nSPS) is 19.1. The average Bonchev–Trinajstić information content (AvgIpc) is 2.81. The molecule has 3 rings (SSSR count). The van der Waals surface area contributed by atoms with Crippen LogP contribution in [-0.2, 0) is 6.42 Å². The number of hydrogen-bond donors (Lipinski definition) is 2. The van der Waals surface area contributed by atoms with Crippen molar-refractivity contribution in [1.29, 1.82) is 0 Å². The minimum atomic E-state index is -0.827. The molecule has 1 aliphatic heterocycles. The Bertz CT molecular complexity index is 550. The summed E-state index contributed by atoms with van der Waals surface area (Å²) in [5.74, 6) is -1.63. The number of nitrogens with zero attached hydrogens (tertiary/aromatic N) is 1. The van der Waals surface area contributed by atoms with E-state index in [1.807, 2.05) is 0 Å². The molecule has 1 aromatic carbocycles. The summed E-state index contributed by atoms with van der Waals surface area (Å²) in [7, 11) is 0. The van der Waals surface area contributed by atoms with Gasteiger partial charge in [-0.3, -0.25) is 0 Å². The van der Waals surface area contributed by atoms with Gasteiger partial charge in [0.1, 0.15) is 0 Å². The number of fused-ring (bicyclic) bond motifs is 1. The van der Waals surface area contributed by atoms with Crippen LogP contribution in [0.25, 0.3) is 0 Å². The summed E-state index contributed by atoms with van der Waals surface area (Å²) in [6.07, 6.45) is 2.41. The minimum absolute atomic E-state index is 0.304. The van der Waals surface area contributed by atoms with Crippen molar-refractivity contribution in [1.82, 2.24) is 15.3 Å². The zero-order valence-electron chi connectivity index (χ0n) is 9.00. The molecule has 3 nitrogen and oxygen atoms in total. The SMILES string of the molecule is Fc1cccc([C@H]2NCCc3[nH]cnc32)c1F. The standard InChI is InChI=1S/C12H11F2N3/c13-8-3-1-2-7(10(8)14)11-12-9(4-5-15-11)16-6-17-12/h1-3,6,11,15H,4-5H2,(H,16,17)/t11-/m1/s1. The molecular weight excluding hydrogens is 224 g/mol. The molecule has 0 bridgehead atoms. The van der Waals surface area contributed by atoms with Crippen LogP contribution in [0.5, 0.6) is 0 Å². The van der Waals surface area contributed by atoms with Crippen molar-refractivity contribution in [2.24, 2.45) is 0 Å². The quantitative estimate of drug-likeness (QED) is 0.792. The highest BCUT2D eigenvalue weighted by atomic mass is 19.2. The van der Waals surface area contributed by atoms with Crippen LogP contribution in [0.4, 0.5) is 8.78 Å². The molecule has 88 valence electrons. The molecule has 1 aliphatic rings. The van der Waals surface area contributed by atoms with Crippen LogP contribution < -0.4 is 5.32 Å². The van der Waals surface area contributed by atoms with Gasteiger partial charge in [-0.2, -0.15) is 0 Å². The second kappa shape index (κ2) is 3.92. The summed E-state index contributed by atoms with van der Waals surface area (Å²) >= 11 is 0. The van der Waals surface area contributed by atoms with Crippen molar-refractivity contribution in [3.63, 3.8) is 0 Å². The third kappa shape index (κ3) is 1.63. The van der Waals surface area contributed by atoms with Crippen molar-refractivity contribution >= 4 is 0 Å². The predicted octanol–water partition coefficient (Wildman–Crippen LogP) is 1.92. The Labute approximate surface area is 96.9 Å². The van der Waals surface area contributed by atoms with Gasteiger partial charge in [-0.05, 0) is 6.07 Å². The van der Waals surface area contributed by atoms with Gasteiger partial charge in [0.15, 0.2) is 11.6 Å². The van der Waals surface area contributed by atoms with Crippen molar-refractivity contribution in [2.45, 2.75) is 12.5 Å². The Kier molecular flexibility index (Phi) is 2.40. The summed E-state index contributed by atoms with van der Waals surface area (Å²) in [5, 5.41) is 3.16. The van der Waals surface area contributed by atoms with E-state index < -0.39 is 11.6 Å². The molecule has 17 heavy (non-hydrogen) atoms. The van der Waals surface area contributed by atoms with E-state index in [0.29, 0.717) is 5.56 Å². The molecule has 0 aliphatic carbocycles. The predicted molar refractivity (Wildman–Crippen MR) is 58.5 cm³/mol. The second-order valence-corrected chi connectivity index (χ2v) is 4.05. The van der Waals surface area contributed by atoms with Crippen molar-refractivity contribution < 1.29 is 8.78 Å². The summed E-state index contributed by atoms with van der Waals surface area (Å²) in [4.78, 5) is 7.20. The molecule has 0 unspecified atom stereocenters. The largest absolute Gasteiger partial charge is 0.348 e. The third-order valence-corrected chi connectivity index (χ3v) is 3.04. The summed E-state index contributed by atoms with van der Waals surface area (Å²) in [6.45, 7) is 0.718. The zero-order valence-corrected chi connectivity index (χ0v) is 9.00. The first kappa shape index (κ1) is 10.4. The first-order valence-electron chi connectivity index (χ1n) is 5.47. The third-order valence-electron chi connectivity index (χ3n) is 3.04. The van der Waals surface area contributed by atoms with Crippen LogP contribution in [0.1, 0.15) is 23.0 Å². The van der Waals surface area contributed by atoms with Crippen LogP contribution in [-0.4, -0.2) is 16.5 Å². The van der Waals surface area contributed by atoms with Gasteiger partial charge < -0.3 is 10.3 Å². The fourth-order valence-electron chi connectivity index (χ4n) is 2.22. The lowest BCUT2D eigenvalue weighted by Crippen LogP contribution is -2.31. The van der Waals surface area contributed by atoms with E-state index in [-0.39, 0.29) is 6.04 Å². The summed E-state index contributed by atoms with van der Waals surface area (Å²) in [6, 6.07) is 3.84. The number of benzene rings is 1. The number of hydrogen-bond acceptors (Lipinski definition) is 2. The van der Waals surface area contributed by atoms with Gasteiger partial charge in [0, 0.05) is 24.2 Å². The van der Waals surface area contributed by atoms with Gasteiger partial charge >= 0.3 is 0 Å². The molecule has 0 saturated carbocycles. The van der Waals surface area contributed by atoms with Gasteiger partial charge in [-0.1, -0.05) is 12.1 Å². The van der Waals surface area contributed by atoms with Crippen molar-refractivity contribution in [3.05, 3.63) is 53.1 Å². The van der Waals surface area contributed by atoms with E-state index in [4.69, 9.17) is 0 Å². The zero-order chi connectivity index (χ0) is 11.8. The number of rotatable bonds is 1. The summed E-state index contributed by atoms with van der Waals surface area (Å²) in [5.41, 5.74) is 2.04.